The number of ether oxygens (including phenoxy) is 1. The van der Waals surface area contributed by atoms with E-state index in [4.69, 9.17) is 4.74 Å². The van der Waals surface area contributed by atoms with Crippen molar-refractivity contribution in [3.8, 4) is 5.75 Å². The molecule has 0 unspecified atom stereocenters. The number of sulfonamides is 1. The molecule has 0 aliphatic carbocycles. The molecule has 0 radical (unpaired) electrons. The molecule has 2 heterocycles. The van der Waals surface area contributed by atoms with Crippen molar-refractivity contribution >= 4 is 38.4 Å². The van der Waals surface area contributed by atoms with Gasteiger partial charge in [-0.1, -0.05) is 18.2 Å². The Bertz CT molecular complexity index is 1720. The zero-order valence-electron chi connectivity index (χ0n) is 21.3. The Kier molecular flexibility index (Phi) is 7.35. The summed E-state index contributed by atoms with van der Waals surface area (Å²) in [5, 5.41) is 0.676. The van der Waals surface area contributed by atoms with Crippen LogP contribution in [0.3, 0.4) is 0 Å². The largest absolute Gasteiger partial charge is 0.496 e. The molecule has 0 spiro atoms. The molecule has 206 valence electrons. The molecule has 1 aliphatic heterocycles. The number of methoxy groups -OCH3 is 1. The van der Waals surface area contributed by atoms with Gasteiger partial charge in [0.25, 0.3) is 21.8 Å². The topological polar surface area (TPSA) is 109 Å². The summed E-state index contributed by atoms with van der Waals surface area (Å²) < 4.78 is 61.0. The van der Waals surface area contributed by atoms with E-state index >= 15 is 0 Å². The molecule has 1 fully saturated rings. The molecule has 9 nitrogen and oxygen atoms in total. The molecule has 3 aromatic carbocycles. The number of amides is 2. The predicted molar refractivity (Wildman–Crippen MR) is 144 cm³/mol. The minimum atomic E-state index is -4.01. The number of piperazine rings is 1. The second-order valence-corrected chi connectivity index (χ2v) is 10.7. The molecule has 0 saturated carbocycles. The van der Waals surface area contributed by atoms with Gasteiger partial charge in [0.15, 0.2) is 11.6 Å². The van der Waals surface area contributed by atoms with Crippen molar-refractivity contribution in [2.75, 3.05) is 38.0 Å². The SMILES string of the molecule is COc1cc(NS(=O)(=O)c2cccc3cccnc23)ccc1C(=O)N1CCN(C(=O)c2ccc(F)c(F)c2)CC1. The number of nitrogens with one attached hydrogen (secondary N) is 1. The van der Waals surface area contributed by atoms with Crippen LogP contribution in [-0.4, -0.2) is 68.3 Å². The van der Waals surface area contributed by atoms with E-state index < -0.39 is 27.6 Å². The van der Waals surface area contributed by atoms with Gasteiger partial charge >= 0.3 is 0 Å². The average molecular weight is 567 g/mol. The summed E-state index contributed by atoms with van der Waals surface area (Å²) in [6, 6.07) is 15.7. The highest BCUT2D eigenvalue weighted by Gasteiger charge is 2.28. The number of rotatable bonds is 6. The first kappa shape index (κ1) is 27.0. The van der Waals surface area contributed by atoms with Gasteiger partial charge in [-0.15, -0.1) is 0 Å². The minimum Gasteiger partial charge on any atom is -0.496 e. The Balaban J connectivity index is 1.29. The quantitative estimate of drug-likeness (QED) is 0.379. The fourth-order valence-electron chi connectivity index (χ4n) is 4.53. The number of fused-ring (bicyclic) bond motifs is 1. The summed E-state index contributed by atoms with van der Waals surface area (Å²) in [7, 11) is -2.63. The third kappa shape index (κ3) is 5.30. The standard InChI is InChI=1S/C28H24F2N4O5S/c1-39-24-17-20(32-40(37,38)25-6-2-4-18-5-3-11-31-26(18)25)8-9-21(24)28(36)34-14-12-33(13-15-34)27(35)19-7-10-22(29)23(30)16-19/h2-11,16-17,32H,12-15H2,1H3. The van der Waals surface area contributed by atoms with Crippen LogP contribution in [-0.2, 0) is 10.0 Å². The fourth-order valence-corrected chi connectivity index (χ4v) is 5.76. The van der Waals surface area contributed by atoms with E-state index in [2.05, 4.69) is 9.71 Å². The molecule has 1 saturated heterocycles. The lowest BCUT2D eigenvalue weighted by molar-refractivity contribution is 0.0533. The highest BCUT2D eigenvalue weighted by molar-refractivity contribution is 7.93. The van der Waals surface area contributed by atoms with Crippen LogP contribution in [0.2, 0.25) is 0 Å². The maximum Gasteiger partial charge on any atom is 0.264 e. The van der Waals surface area contributed by atoms with Gasteiger partial charge in [0.05, 0.1) is 23.9 Å². The summed E-state index contributed by atoms with van der Waals surface area (Å²) in [4.78, 5) is 33.2. The molecule has 12 heteroatoms. The van der Waals surface area contributed by atoms with Gasteiger partial charge in [-0.05, 0) is 42.5 Å². The van der Waals surface area contributed by atoms with Crippen LogP contribution in [0.15, 0.2) is 77.8 Å². The summed E-state index contributed by atoms with van der Waals surface area (Å²) in [5.41, 5.74) is 0.775. The monoisotopic (exact) mass is 566 g/mol. The van der Waals surface area contributed by atoms with Gasteiger partial charge in [-0.2, -0.15) is 0 Å². The molecule has 1 aliphatic rings. The summed E-state index contributed by atoms with van der Waals surface area (Å²) >= 11 is 0. The van der Waals surface area contributed by atoms with Crippen LogP contribution >= 0.6 is 0 Å². The van der Waals surface area contributed by atoms with Crippen molar-refractivity contribution in [2.45, 2.75) is 4.90 Å². The van der Waals surface area contributed by atoms with Gasteiger partial charge in [0, 0.05) is 49.4 Å². The van der Waals surface area contributed by atoms with Crippen LogP contribution in [0, 0.1) is 11.6 Å². The van der Waals surface area contributed by atoms with E-state index in [1.165, 1.54) is 48.5 Å². The Labute approximate surface area is 229 Å². The van der Waals surface area contributed by atoms with E-state index in [1.54, 1.807) is 29.2 Å². The molecule has 0 bridgehead atoms. The van der Waals surface area contributed by atoms with Crippen LogP contribution in [0.4, 0.5) is 14.5 Å². The highest BCUT2D eigenvalue weighted by atomic mass is 32.2. The van der Waals surface area contributed by atoms with Gasteiger partial charge in [0.1, 0.15) is 10.6 Å². The smallest absolute Gasteiger partial charge is 0.264 e. The Morgan fingerprint density at radius 3 is 2.27 bits per heavy atom. The van der Waals surface area contributed by atoms with Crippen LogP contribution < -0.4 is 9.46 Å². The third-order valence-electron chi connectivity index (χ3n) is 6.59. The molecule has 1 aromatic heterocycles. The Hall–Kier alpha value is -4.58. The molecule has 5 rings (SSSR count). The van der Waals surface area contributed by atoms with Crippen LogP contribution in [0.25, 0.3) is 10.9 Å². The normalized spacial score (nSPS) is 13.8. The van der Waals surface area contributed by atoms with Crippen molar-refractivity contribution in [3.05, 3.63) is 95.7 Å². The zero-order valence-corrected chi connectivity index (χ0v) is 22.1. The first-order chi connectivity index (χ1) is 19.2. The van der Waals surface area contributed by atoms with Gasteiger partial charge in [-0.25, -0.2) is 17.2 Å². The van der Waals surface area contributed by atoms with Crippen molar-refractivity contribution in [2.24, 2.45) is 0 Å². The van der Waals surface area contributed by atoms with Crippen LogP contribution in [0.5, 0.6) is 5.75 Å². The van der Waals surface area contributed by atoms with Crippen molar-refractivity contribution in [3.63, 3.8) is 0 Å². The Morgan fingerprint density at radius 2 is 1.57 bits per heavy atom. The second kappa shape index (κ2) is 10.9. The number of pyridine rings is 1. The number of hydrogen-bond donors (Lipinski definition) is 1. The lowest BCUT2D eigenvalue weighted by Gasteiger charge is -2.35. The van der Waals surface area contributed by atoms with Gasteiger partial charge in [-0.3, -0.25) is 19.3 Å². The lowest BCUT2D eigenvalue weighted by atomic mass is 10.1. The fraction of sp³-hybridized carbons (Fsp3) is 0.179. The molecule has 1 N–H and O–H groups in total. The number of carbonyl (C=O) groups is 2. The summed E-state index contributed by atoms with van der Waals surface area (Å²) in [6.07, 6.45) is 1.52. The number of halogens is 2. The molecule has 0 atom stereocenters. The second-order valence-electron chi connectivity index (χ2n) is 9.07. The van der Waals surface area contributed by atoms with Crippen LogP contribution in [0.1, 0.15) is 20.7 Å². The number of nitrogens with zero attached hydrogens (tertiary/aromatic N) is 3. The molecular weight excluding hydrogens is 542 g/mol. The number of benzene rings is 3. The third-order valence-corrected chi connectivity index (χ3v) is 8.00. The molecule has 40 heavy (non-hydrogen) atoms. The van der Waals surface area contributed by atoms with Gasteiger partial charge in [0.2, 0.25) is 0 Å². The van der Waals surface area contributed by atoms with E-state index in [9.17, 15) is 26.8 Å². The summed E-state index contributed by atoms with van der Waals surface area (Å²) in [5.74, 6) is -2.79. The van der Waals surface area contributed by atoms with Crippen molar-refractivity contribution in [1.29, 1.82) is 0 Å². The number of hydrogen-bond acceptors (Lipinski definition) is 6. The number of carbonyl (C=O) groups excluding carboxylic acids is 2. The van der Waals surface area contributed by atoms with Crippen molar-refractivity contribution < 1.29 is 31.5 Å². The Morgan fingerprint density at radius 1 is 0.875 bits per heavy atom. The van der Waals surface area contributed by atoms with Gasteiger partial charge < -0.3 is 14.5 Å². The predicted octanol–water partition coefficient (Wildman–Crippen LogP) is 3.92. The lowest BCUT2D eigenvalue weighted by Crippen LogP contribution is -2.50. The van der Waals surface area contributed by atoms with E-state index in [-0.39, 0.29) is 59.5 Å². The number of para-hydroxylation sites is 1. The molecule has 2 amide bonds. The van der Waals surface area contributed by atoms with E-state index in [0.717, 1.165) is 12.1 Å². The number of aromatic nitrogens is 1. The zero-order chi connectivity index (χ0) is 28.4. The minimum absolute atomic E-state index is 0.0144. The molecule has 4 aromatic rings. The first-order valence-corrected chi connectivity index (χ1v) is 13.7. The first-order valence-electron chi connectivity index (χ1n) is 12.3. The van der Waals surface area contributed by atoms with E-state index in [0.29, 0.717) is 10.9 Å². The van der Waals surface area contributed by atoms with E-state index in [1.807, 2.05) is 0 Å². The van der Waals surface area contributed by atoms with Crippen molar-refractivity contribution in [1.82, 2.24) is 14.8 Å². The number of anilines is 1. The molecular formula is C28H24F2N4O5S. The summed E-state index contributed by atoms with van der Waals surface area (Å²) in [6.45, 7) is 0.811. The highest BCUT2D eigenvalue weighted by Crippen LogP contribution is 2.28. The maximum atomic E-state index is 13.6. The average Bonchev–Trinajstić information content (AvgIpc) is 2.97. The maximum absolute atomic E-state index is 13.6.